The van der Waals surface area contributed by atoms with Crippen LogP contribution in [0.25, 0.3) is 0 Å². The van der Waals surface area contributed by atoms with E-state index in [2.05, 4.69) is 0 Å². The molecule has 1 aromatic carbocycles. The summed E-state index contributed by atoms with van der Waals surface area (Å²) in [6.45, 7) is 3.22. The van der Waals surface area contributed by atoms with E-state index in [0.29, 0.717) is 16.5 Å². The average molecular weight is 244 g/mol. The second-order valence-electron chi connectivity index (χ2n) is 4.17. The van der Waals surface area contributed by atoms with Gasteiger partial charge in [-0.2, -0.15) is 0 Å². The third-order valence-electron chi connectivity index (χ3n) is 2.12. The normalized spacial score (nSPS) is 11.2. The van der Waals surface area contributed by atoms with Gasteiger partial charge in [0.05, 0.1) is 10.4 Å². The van der Waals surface area contributed by atoms with Crippen LogP contribution in [0.1, 0.15) is 13.8 Å². The molecular formula is C11H14ClNO3. The monoisotopic (exact) mass is 243 g/mol. The molecule has 0 saturated heterocycles. The summed E-state index contributed by atoms with van der Waals surface area (Å²) in [5.41, 5.74) is 5.11. The lowest BCUT2D eigenvalue weighted by Gasteiger charge is -2.20. The molecule has 88 valence electrons. The van der Waals surface area contributed by atoms with Crippen LogP contribution in [0, 0.1) is 5.41 Å². The van der Waals surface area contributed by atoms with Gasteiger partial charge in [0.2, 0.25) is 0 Å². The molecule has 0 amide bonds. The standard InChI is InChI=1S/C11H14ClNO3/c1-11(2,10(14)15)6-16-9-4-3-7(13)5-8(9)12/h3-5H,6,13H2,1-2H3,(H,14,15). The maximum Gasteiger partial charge on any atom is 0.312 e. The van der Waals surface area contributed by atoms with Gasteiger partial charge in [-0.3, -0.25) is 4.79 Å². The smallest absolute Gasteiger partial charge is 0.312 e. The van der Waals surface area contributed by atoms with Crippen molar-refractivity contribution in [1.82, 2.24) is 0 Å². The number of aliphatic carboxylic acids is 1. The zero-order chi connectivity index (χ0) is 12.3. The first-order chi connectivity index (χ1) is 7.33. The highest BCUT2D eigenvalue weighted by molar-refractivity contribution is 6.32. The Labute approximate surface area is 99.0 Å². The lowest BCUT2D eigenvalue weighted by Crippen LogP contribution is -2.30. The molecule has 16 heavy (non-hydrogen) atoms. The molecule has 0 unspecified atom stereocenters. The van der Waals surface area contributed by atoms with E-state index in [9.17, 15) is 4.79 Å². The Kier molecular flexibility index (Phi) is 3.65. The quantitative estimate of drug-likeness (QED) is 0.797. The summed E-state index contributed by atoms with van der Waals surface area (Å²) in [6.07, 6.45) is 0. The van der Waals surface area contributed by atoms with Crippen molar-refractivity contribution in [2.45, 2.75) is 13.8 Å². The molecule has 0 radical (unpaired) electrons. The van der Waals surface area contributed by atoms with Gasteiger partial charge < -0.3 is 15.6 Å². The topological polar surface area (TPSA) is 72.5 Å². The van der Waals surface area contributed by atoms with Crippen LogP contribution in [0.2, 0.25) is 5.02 Å². The van der Waals surface area contributed by atoms with Crippen LogP contribution in [-0.4, -0.2) is 17.7 Å². The van der Waals surface area contributed by atoms with Crippen molar-refractivity contribution in [2.24, 2.45) is 5.41 Å². The summed E-state index contributed by atoms with van der Waals surface area (Å²) >= 11 is 5.89. The number of nitrogens with two attached hydrogens (primary N) is 1. The third-order valence-corrected chi connectivity index (χ3v) is 2.42. The van der Waals surface area contributed by atoms with Crippen molar-refractivity contribution < 1.29 is 14.6 Å². The van der Waals surface area contributed by atoms with Crippen molar-refractivity contribution >= 4 is 23.3 Å². The molecule has 1 aromatic rings. The lowest BCUT2D eigenvalue weighted by molar-refractivity contribution is -0.148. The van der Waals surface area contributed by atoms with Crippen LogP contribution in [0.5, 0.6) is 5.75 Å². The summed E-state index contributed by atoms with van der Waals surface area (Å²) < 4.78 is 5.35. The van der Waals surface area contributed by atoms with Crippen LogP contribution >= 0.6 is 11.6 Å². The van der Waals surface area contributed by atoms with Gasteiger partial charge in [0.25, 0.3) is 0 Å². The molecule has 0 fully saturated rings. The molecule has 0 atom stereocenters. The first-order valence-corrected chi connectivity index (χ1v) is 5.12. The number of hydrogen-bond acceptors (Lipinski definition) is 3. The second kappa shape index (κ2) is 4.61. The predicted octanol–water partition coefficient (Wildman–Crippen LogP) is 2.41. The zero-order valence-corrected chi connectivity index (χ0v) is 9.91. The van der Waals surface area contributed by atoms with E-state index in [1.54, 1.807) is 32.0 Å². The number of ether oxygens (including phenoxy) is 1. The molecule has 0 aliphatic heterocycles. The molecule has 0 aromatic heterocycles. The van der Waals surface area contributed by atoms with Gasteiger partial charge in [0.15, 0.2) is 0 Å². The Morgan fingerprint density at radius 3 is 2.69 bits per heavy atom. The van der Waals surface area contributed by atoms with Crippen LogP contribution in [0.15, 0.2) is 18.2 Å². The molecule has 0 heterocycles. The van der Waals surface area contributed by atoms with Gasteiger partial charge in [-0.1, -0.05) is 11.6 Å². The maximum absolute atomic E-state index is 10.8. The predicted molar refractivity (Wildman–Crippen MR) is 62.8 cm³/mol. The summed E-state index contributed by atoms with van der Waals surface area (Å²) in [5.74, 6) is -0.482. The number of hydrogen-bond donors (Lipinski definition) is 2. The SMILES string of the molecule is CC(C)(COc1ccc(N)cc1Cl)C(=O)O. The molecule has 0 spiro atoms. The van der Waals surface area contributed by atoms with Crippen molar-refractivity contribution in [3.63, 3.8) is 0 Å². The fourth-order valence-electron chi connectivity index (χ4n) is 0.954. The van der Waals surface area contributed by atoms with Gasteiger partial charge in [0.1, 0.15) is 12.4 Å². The Hall–Kier alpha value is -1.42. The summed E-state index contributed by atoms with van der Waals surface area (Å²) in [6, 6.07) is 4.83. The first kappa shape index (κ1) is 12.6. The van der Waals surface area contributed by atoms with Crippen LogP contribution in [-0.2, 0) is 4.79 Å². The number of anilines is 1. The Balaban J connectivity index is 2.72. The minimum absolute atomic E-state index is 0.0476. The number of benzene rings is 1. The van der Waals surface area contributed by atoms with Gasteiger partial charge in [-0.15, -0.1) is 0 Å². The van der Waals surface area contributed by atoms with E-state index in [4.69, 9.17) is 27.2 Å². The van der Waals surface area contributed by atoms with Crippen molar-refractivity contribution in [3.8, 4) is 5.75 Å². The van der Waals surface area contributed by atoms with Crippen LogP contribution < -0.4 is 10.5 Å². The fraction of sp³-hybridized carbons (Fsp3) is 0.364. The van der Waals surface area contributed by atoms with E-state index in [1.807, 2.05) is 0 Å². The van der Waals surface area contributed by atoms with Crippen molar-refractivity contribution in [2.75, 3.05) is 12.3 Å². The van der Waals surface area contributed by atoms with Gasteiger partial charge in [-0.05, 0) is 32.0 Å². The number of carboxylic acid groups (broad SMARTS) is 1. The molecule has 4 nitrogen and oxygen atoms in total. The van der Waals surface area contributed by atoms with E-state index < -0.39 is 11.4 Å². The fourth-order valence-corrected chi connectivity index (χ4v) is 1.20. The van der Waals surface area contributed by atoms with Gasteiger partial charge in [0, 0.05) is 5.69 Å². The third kappa shape index (κ3) is 3.03. The summed E-state index contributed by atoms with van der Waals surface area (Å²) in [5, 5.41) is 9.28. The Bertz CT molecular complexity index is 404. The molecular weight excluding hydrogens is 230 g/mol. The van der Waals surface area contributed by atoms with Crippen molar-refractivity contribution in [1.29, 1.82) is 0 Å². The minimum Gasteiger partial charge on any atom is -0.491 e. The molecule has 1 rings (SSSR count). The maximum atomic E-state index is 10.8. The minimum atomic E-state index is -0.954. The molecule has 0 aliphatic carbocycles. The van der Waals surface area contributed by atoms with E-state index in [0.717, 1.165) is 0 Å². The Morgan fingerprint density at radius 1 is 1.56 bits per heavy atom. The summed E-state index contributed by atoms with van der Waals surface area (Å²) in [7, 11) is 0. The largest absolute Gasteiger partial charge is 0.491 e. The number of nitrogen functional groups attached to an aromatic ring is 1. The number of halogens is 1. The second-order valence-corrected chi connectivity index (χ2v) is 4.57. The highest BCUT2D eigenvalue weighted by Gasteiger charge is 2.28. The highest BCUT2D eigenvalue weighted by Crippen LogP contribution is 2.28. The van der Waals surface area contributed by atoms with Crippen molar-refractivity contribution in [3.05, 3.63) is 23.2 Å². The number of carboxylic acids is 1. The van der Waals surface area contributed by atoms with Gasteiger partial charge in [-0.25, -0.2) is 0 Å². The molecule has 5 heteroatoms. The number of rotatable bonds is 4. The average Bonchev–Trinajstić information content (AvgIpc) is 2.16. The summed E-state index contributed by atoms with van der Waals surface area (Å²) in [4.78, 5) is 10.8. The van der Waals surface area contributed by atoms with E-state index in [1.165, 1.54) is 0 Å². The molecule has 0 aliphatic rings. The van der Waals surface area contributed by atoms with Crippen LogP contribution in [0.4, 0.5) is 5.69 Å². The first-order valence-electron chi connectivity index (χ1n) is 4.74. The highest BCUT2D eigenvalue weighted by atomic mass is 35.5. The Morgan fingerprint density at radius 2 is 2.19 bits per heavy atom. The molecule has 3 N–H and O–H groups in total. The van der Waals surface area contributed by atoms with Gasteiger partial charge >= 0.3 is 5.97 Å². The zero-order valence-electron chi connectivity index (χ0n) is 9.16. The van der Waals surface area contributed by atoms with Crippen LogP contribution in [0.3, 0.4) is 0 Å². The molecule has 0 bridgehead atoms. The molecule has 0 saturated carbocycles. The number of carbonyl (C=O) groups is 1. The van der Waals surface area contributed by atoms with E-state index in [-0.39, 0.29) is 6.61 Å². The lowest BCUT2D eigenvalue weighted by atomic mass is 9.95. The van der Waals surface area contributed by atoms with E-state index >= 15 is 0 Å².